The number of carbonyl (C=O) groups is 1. The van der Waals surface area contributed by atoms with E-state index < -0.39 is 6.03 Å². The van der Waals surface area contributed by atoms with Gasteiger partial charge in [-0.05, 0) is 18.1 Å². The zero-order chi connectivity index (χ0) is 13.1. The van der Waals surface area contributed by atoms with Gasteiger partial charge in [0.05, 0.1) is 0 Å². The SMILES string of the molecule is CC(C)c1cnc(N(C(N)=O)c2ccccn2)s1. The molecule has 0 saturated heterocycles. The van der Waals surface area contributed by atoms with Crippen molar-refractivity contribution in [2.45, 2.75) is 19.8 Å². The molecule has 5 nitrogen and oxygen atoms in total. The highest BCUT2D eigenvalue weighted by atomic mass is 32.1. The number of amides is 2. The van der Waals surface area contributed by atoms with E-state index in [0.717, 1.165) is 4.88 Å². The Balaban J connectivity index is 2.39. The van der Waals surface area contributed by atoms with Gasteiger partial charge in [0.15, 0.2) is 5.13 Å². The van der Waals surface area contributed by atoms with E-state index in [-0.39, 0.29) is 0 Å². The van der Waals surface area contributed by atoms with Crippen molar-refractivity contribution in [3.8, 4) is 0 Å². The summed E-state index contributed by atoms with van der Waals surface area (Å²) < 4.78 is 0. The number of aromatic nitrogens is 2. The molecule has 2 N–H and O–H groups in total. The molecule has 0 unspecified atom stereocenters. The van der Waals surface area contributed by atoms with Crippen LogP contribution in [-0.4, -0.2) is 16.0 Å². The van der Waals surface area contributed by atoms with Crippen LogP contribution in [0.3, 0.4) is 0 Å². The molecule has 6 heteroatoms. The third-order valence-corrected chi connectivity index (χ3v) is 3.65. The monoisotopic (exact) mass is 262 g/mol. The van der Waals surface area contributed by atoms with Crippen LogP contribution in [0.2, 0.25) is 0 Å². The molecule has 18 heavy (non-hydrogen) atoms. The van der Waals surface area contributed by atoms with Crippen molar-refractivity contribution in [1.82, 2.24) is 9.97 Å². The fourth-order valence-corrected chi connectivity index (χ4v) is 2.37. The molecular weight excluding hydrogens is 248 g/mol. The number of anilines is 2. The number of hydrogen-bond donors (Lipinski definition) is 1. The highest BCUT2D eigenvalue weighted by Gasteiger charge is 2.20. The maximum absolute atomic E-state index is 11.6. The molecule has 2 heterocycles. The van der Waals surface area contributed by atoms with Crippen LogP contribution in [0.1, 0.15) is 24.6 Å². The number of nitrogens with two attached hydrogens (primary N) is 1. The lowest BCUT2D eigenvalue weighted by molar-refractivity contribution is 0.256. The zero-order valence-electron chi connectivity index (χ0n) is 10.2. The molecule has 2 aromatic heterocycles. The van der Waals surface area contributed by atoms with E-state index in [9.17, 15) is 4.79 Å². The van der Waals surface area contributed by atoms with Crippen LogP contribution >= 0.6 is 11.3 Å². The fraction of sp³-hybridized carbons (Fsp3) is 0.250. The van der Waals surface area contributed by atoms with Gasteiger partial charge in [0.1, 0.15) is 5.82 Å². The summed E-state index contributed by atoms with van der Waals surface area (Å²) in [6, 6.07) is 4.72. The number of urea groups is 1. The number of nitrogens with zero attached hydrogens (tertiary/aromatic N) is 3. The largest absolute Gasteiger partial charge is 0.351 e. The maximum atomic E-state index is 11.6. The Kier molecular flexibility index (Phi) is 3.57. The van der Waals surface area contributed by atoms with E-state index in [1.54, 1.807) is 30.6 Å². The quantitative estimate of drug-likeness (QED) is 0.924. The van der Waals surface area contributed by atoms with E-state index in [1.165, 1.54) is 16.2 Å². The molecule has 2 amide bonds. The standard InChI is InChI=1S/C12H14N4OS/c1-8(2)9-7-15-12(18-9)16(11(13)17)10-5-3-4-6-14-10/h3-8H,1-2H3,(H2,13,17). The molecule has 0 fully saturated rings. The van der Waals surface area contributed by atoms with Gasteiger partial charge in [0.2, 0.25) is 0 Å². The molecule has 0 aliphatic rings. The third-order valence-electron chi connectivity index (χ3n) is 2.37. The minimum absolute atomic E-state index is 0.370. The number of carbonyl (C=O) groups excluding carboxylic acids is 1. The molecule has 0 spiro atoms. The first-order chi connectivity index (χ1) is 8.59. The highest BCUT2D eigenvalue weighted by Crippen LogP contribution is 2.31. The Morgan fingerprint density at radius 1 is 1.39 bits per heavy atom. The van der Waals surface area contributed by atoms with Gasteiger partial charge in [-0.1, -0.05) is 19.9 Å². The Morgan fingerprint density at radius 2 is 2.17 bits per heavy atom. The summed E-state index contributed by atoms with van der Waals surface area (Å²) in [4.78, 5) is 22.3. The normalized spacial score (nSPS) is 10.6. The van der Waals surface area contributed by atoms with Gasteiger partial charge in [-0.3, -0.25) is 0 Å². The second kappa shape index (κ2) is 5.14. The van der Waals surface area contributed by atoms with Crippen LogP contribution in [-0.2, 0) is 0 Å². The lowest BCUT2D eigenvalue weighted by atomic mass is 10.2. The molecule has 2 aromatic rings. The van der Waals surface area contributed by atoms with Crippen molar-refractivity contribution in [2.24, 2.45) is 5.73 Å². The zero-order valence-corrected chi connectivity index (χ0v) is 11.0. The predicted octanol–water partition coefficient (Wildman–Crippen LogP) is 2.88. The van der Waals surface area contributed by atoms with Crippen LogP contribution in [0.15, 0.2) is 30.6 Å². The van der Waals surface area contributed by atoms with Gasteiger partial charge in [-0.15, -0.1) is 11.3 Å². The summed E-state index contributed by atoms with van der Waals surface area (Å²) in [5.74, 6) is 0.851. The van der Waals surface area contributed by atoms with Crippen molar-refractivity contribution < 1.29 is 4.79 Å². The number of hydrogen-bond acceptors (Lipinski definition) is 4. The van der Waals surface area contributed by atoms with Gasteiger partial charge < -0.3 is 5.73 Å². The summed E-state index contributed by atoms with van der Waals surface area (Å²) in [5.41, 5.74) is 5.40. The van der Waals surface area contributed by atoms with Gasteiger partial charge in [0, 0.05) is 17.3 Å². The molecule has 0 saturated carbocycles. The van der Waals surface area contributed by atoms with Gasteiger partial charge in [0.25, 0.3) is 0 Å². The molecule has 0 atom stereocenters. The summed E-state index contributed by atoms with van der Waals surface area (Å²) in [5, 5.41) is 0.546. The van der Waals surface area contributed by atoms with Crippen molar-refractivity contribution in [2.75, 3.05) is 4.90 Å². The Hall–Kier alpha value is -1.95. The first kappa shape index (κ1) is 12.5. The van der Waals surface area contributed by atoms with Gasteiger partial charge in [-0.25, -0.2) is 19.7 Å². The molecule has 0 bridgehead atoms. The molecule has 2 rings (SSSR count). The number of primary amides is 1. The Labute approximate surface area is 109 Å². The first-order valence-corrected chi connectivity index (χ1v) is 6.37. The topological polar surface area (TPSA) is 72.1 Å². The molecule has 0 aliphatic heterocycles. The van der Waals surface area contributed by atoms with E-state index in [2.05, 4.69) is 23.8 Å². The summed E-state index contributed by atoms with van der Waals surface area (Å²) in [6.07, 6.45) is 3.38. The average Bonchev–Trinajstić information content (AvgIpc) is 2.79. The lowest BCUT2D eigenvalue weighted by Crippen LogP contribution is -2.31. The predicted molar refractivity (Wildman–Crippen MR) is 72.2 cm³/mol. The van der Waals surface area contributed by atoms with E-state index in [0.29, 0.717) is 16.9 Å². The van der Waals surface area contributed by atoms with Crippen molar-refractivity contribution in [1.29, 1.82) is 0 Å². The Morgan fingerprint density at radius 3 is 2.67 bits per heavy atom. The third kappa shape index (κ3) is 2.48. The minimum Gasteiger partial charge on any atom is -0.351 e. The van der Waals surface area contributed by atoms with Crippen molar-refractivity contribution >= 4 is 28.3 Å². The molecule has 94 valence electrons. The van der Waals surface area contributed by atoms with E-state index >= 15 is 0 Å². The highest BCUT2D eigenvalue weighted by molar-refractivity contribution is 7.15. The first-order valence-electron chi connectivity index (χ1n) is 5.56. The van der Waals surface area contributed by atoms with E-state index in [4.69, 9.17) is 5.73 Å². The number of thiazole rings is 1. The fourth-order valence-electron chi connectivity index (χ4n) is 1.44. The second-order valence-corrected chi connectivity index (χ2v) is 5.10. The van der Waals surface area contributed by atoms with Gasteiger partial charge in [-0.2, -0.15) is 0 Å². The van der Waals surface area contributed by atoms with Crippen LogP contribution in [0.25, 0.3) is 0 Å². The summed E-state index contributed by atoms with van der Waals surface area (Å²) >= 11 is 1.45. The van der Waals surface area contributed by atoms with Crippen LogP contribution in [0.5, 0.6) is 0 Å². The molecular formula is C12H14N4OS. The Bertz CT molecular complexity index is 538. The van der Waals surface area contributed by atoms with Crippen LogP contribution in [0, 0.1) is 0 Å². The summed E-state index contributed by atoms with van der Waals surface area (Å²) in [7, 11) is 0. The second-order valence-electron chi connectivity index (χ2n) is 4.06. The van der Waals surface area contributed by atoms with Crippen LogP contribution in [0.4, 0.5) is 15.7 Å². The van der Waals surface area contributed by atoms with E-state index in [1.807, 2.05) is 0 Å². The number of pyridine rings is 1. The van der Waals surface area contributed by atoms with Crippen molar-refractivity contribution in [3.05, 3.63) is 35.5 Å². The number of rotatable bonds is 3. The van der Waals surface area contributed by atoms with Crippen LogP contribution < -0.4 is 10.6 Å². The van der Waals surface area contributed by atoms with Crippen molar-refractivity contribution in [3.63, 3.8) is 0 Å². The molecule has 0 aromatic carbocycles. The average molecular weight is 262 g/mol. The molecule has 0 aliphatic carbocycles. The smallest absolute Gasteiger partial charge is 0.326 e. The maximum Gasteiger partial charge on any atom is 0.326 e. The minimum atomic E-state index is -0.585. The van der Waals surface area contributed by atoms with Gasteiger partial charge >= 0.3 is 6.03 Å². The summed E-state index contributed by atoms with van der Waals surface area (Å²) in [6.45, 7) is 4.15. The lowest BCUT2D eigenvalue weighted by Gasteiger charge is -2.15. The molecule has 0 radical (unpaired) electrons.